The number of hydrogen-bond acceptors (Lipinski definition) is 2. The lowest BCUT2D eigenvalue weighted by Crippen LogP contribution is -2.26. The molecule has 0 heterocycles. The van der Waals surface area contributed by atoms with Gasteiger partial charge in [0.05, 0.1) is 0 Å². The summed E-state index contributed by atoms with van der Waals surface area (Å²) in [6, 6.07) is 4.99. The zero-order valence-electron chi connectivity index (χ0n) is 10.3. The van der Waals surface area contributed by atoms with Crippen LogP contribution in [0.4, 0.5) is 4.39 Å². The monoisotopic (exact) mass is 315 g/mol. The van der Waals surface area contributed by atoms with Crippen LogP contribution in [0.3, 0.4) is 0 Å². The smallest absolute Gasteiger partial charge is 0.127 e. The molecule has 0 spiro atoms. The van der Waals surface area contributed by atoms with Crippen LogP contribution in [0.15, 0.2) is 22.7 Å². The molecule has 0 aliphatic heterocycles. The molecule has 0 saturated heterocycles. The predicted octanol–water partition coefficient (Wildman–Crippen LogP) is 3.09. The van der Waals surface area contributed by atoms with Crippen LogP contribution < -0.4 is 5.32 Å². The van der Waals surface area contributed by atoms with Gasteiger partial charge in [-0.3, -0.25) is 0 Å². The number of benzene rings is 1. The van der Waals surface area contributed by atoms with Gasteiger partial charge in [0.1, 0.15) is 5.82 Å². The van der Waals surface area contributed by atoms with E-state index in [1.807, 2.05) is 0 Å². The Labute approximate surface area is 116 Å². The molecule has 0 bridgehead atoms. The minimum absolute atomic E-state index is 0.171. The van der Waals surface area contributed by atoms with E-state index in [0.29, 0.717) is 23.9 Å². The molecule has 1 aromatic carbocycles. The molecule has 1 fully saturated rings. The van der Waals surface area contributed by atoms with Gasteiger partial charge in [-0.15, -0.1) is 0 Å². The molecule has 2 rings (SSSR count). The van der Waals surface area contributed by atoms with Crippen molar-refractivity contribution in [1.82, 2.24) is 5.32 Å². The second-order valence-electron chi connectivity index (χ2n) is 5.00. The second-order valence-corrected chi connectivity index (χ2v) is 5.92. The van der Waals surface area contributed by atoms with Crippen LogP contribution in [-0.4, -0.2) is 18.3 Å². The maximum Gasteiger partial charge on any atom is 0.127 e. The zero-order chi connectivity index (χ0) is 13.0. The van der Waals surface area contributed by atoms with Crippen LogP contribution in [0.5, 0.6) is 0 Å². The minimum Gasteiger partial charge on any atom is -0.396 e. The van der Waals surface area contributed by atoms with E-state index in [4.69, 9.17) is 0 Å². The first-order valence-electron chi connectivity index (χ1n) is 6.46. The van der Waals surface area contributed by atoms with Crippen LogP contribution >= 0.6 is 15.9 Å². The fourth-order valence-electron chi connectivity index (χ4n) is 2.69. The molecular weight excluding hydrogens is 297 g/mol. The Morgan fingerprint density at radius 3 is 2.89 bits per heavy atom. The largest absolute Gasteiger partial charge is 0.396 e. The summed E-state index contributed by atoms with van der Waals surface area (Å²) in [4.78, 5) is 0. The summed E-state index contributed by atoms with van der Waals surface area (Å²) in [7, 11) is 0. The molecule has 0 aromatic heterocycles. The molecule has 0 amide bonds. The lowest BCUT2D eigenvalue weighted by molar-refractivity contribution is 0.192. The van der Waals surface area contributed by atoms with Gasteiger partial charge in [-0.25, -0.2) is 4.39 Å². The fraction of sp³-hybridized carbons (Fsp3) is 0.571. The predicted molar refractivity (Wildman–Crippen MR) is 73.7 cm³/mol. The van der Waals surface area contributed by atoms with Crippen molar-refractivity contribution in [2.75, 3.05) is 13.2 Å². The highest BCUT2D eigenvalue weighted by atomic mass is 79.9. The SMILES string of the molecule is OCC1CCCC1CNCc1cc(Br)ccc1F. The average molecular weight is 316 g/mol. The number of hydrogen-bond donors (Lipinski definition) is 2. The quantitative estimate of drug-likeness (QED) is 0.875. The Morgan fingerprint density at radius 1 is 1.33 bits per heavy atom. The second kappa shape index (κ2) is 6.64. The van der Waals surface area contributed by atoms with E-state index in [0.717, 1.165) is 17.4 Å². The van der Waals surface area contributed by atoms with E-state index in [-0.39, 0.29) is 12.4 Å². The summed E-state index contributed by atoms with van der Waals surface area (Å²) in [5.41, 5.74) is 0.683. The van der Waals surface area contributed by atoms with Crippen molar-refractivity contribution in [3.63, 3.8) is 0 Å². The van der Waals surface area contributed by atoms with Crippen LogP contribution in [-0.2, 0) is 6.54 Å². The van der Waals surface area contributed by atoms with Gasteiger partial charge in [0.15, 0.2) is 0 Å². The van der Waals surface area contributed by atoms with E-state index in [2.05, 4.69) is 21.2 Å². The molecule has 100 valence electrons. The number of rotatable bonds is 5. The normalized spacial score (nSPS) is 23.5. The van der Waals surface area contributed by atoms with Crippen molar-refractivity contribution in [1.29, 1.82) is 0 Å². The average Bonchev–Trinajstić information content (AvgIpc) is 2.81. The molecule has 4 heteroatoms. The molecular formula is C14H19BrFNO. The molecule has 1 aliphatic carbocycles. The van der Waals surface area contributed by atoms with Crippen LogP contribution in [0.1, 0.15) is 24.8 Å². The Hall–Kier alpha value is -0.450. The van der Waals surface area contributed by atoms with Crippen LogP contribution in [0.25, 0.3) is 0 Å². The highest BCUT2D eigenvalue weighted by molar-refractivity contribution is 9.10. The Balaban J connectivity index is 1.83. The van der Waals surface area contributed by atoms with Gasteiger partial charge in [-0.2, -0.15) is 0 Å². The van der Waals surface area contributed by atoms with Gasteiger partial charge >= 0.3 is 0 Å². The zero-order valence-corrected chi connectivity index (χ0v) is 11.9. The maximum absolute atomic E-state index is 13.5. The molecule has 2 unspecified atom stereocenters. The lowest BCUT2D eigenvalue weighted by Gasteiger charge is -2.18. The van der Waals surface area contributed by atoms with Crippen molar-refractivity contribution < 1.29 is 9.50 Å². The van der Waals surface area contributed by atoms with Gasteiger partial charge < -0.3 is 10.4 Å². The highest BCUT2D eigenvalue weighted by Gasteiger charge is 2.25. The van der Waals surface area contributed by atoms with Crippen molar-refractivity contribution in [2.45, 2.75) is 25.8 Å². The van der Waals surface area contributed by atoms with Crippen molar-refractivity contribution >= 4 is 15.9 Å². The van der Waals surface area contributed by atoms with E-state index in [9.17, 15) is 9.50 Å². The van der Waals surface area contributed by atoms with Crippen molar-refractivity contribution in [3.05, 3.63) is 34.1 Å². The first-order chi connectivity index (χ1) is 8.70. The third-order valence-corrected chi connectivity index (χ3v) is 4.27. The highest BCUT2D eigenvalue weighted by Crippen LogP contribution is 2.30. The van der Waals surface area contributed by atoms with E-state index < -0.39 is 0 Å². The molecule has 2 N–H and O–H groups in total. The summed E-state index contributed by atoms with van der Waals surface area (Å²) in [5, 5.41) is 12.5. The van der Waals surface area contributed by atoms with Gasteiger partial charge in [-0.1, -0.05) is 22.4 Å². The van der Waals surface area contributed by atoms with Gasteiger partial charge in [0, 0.05) is 23.2 Å². The van der Waals surface area contributed by atoms with E-state index in [1.165, 1.54) is 18.9 Å². The Kier molecular flexibility index (Phi) is 5.15. The standard InChI is InChI=1S/C14H19BrFNO/c15-13-4-5-14(16)12(6-13)8-17-7-10-2-1-3-11(10)9-18/h4-6,10-11,17-18H,1-3,7-9H2. The molecule has 1 aromatic rings. The number of nitrogens with one attached hydrogen (secondary N) is 1. The van der Waals surface area contributed by atoms with Crippen molar-refractivity contribution in [2.24, 2.45) is 11.8 Å². The molecule has 2 nitrogen and oxygen atoms in total. The summed E-state index contributed by atoms with van der Waals surface area (Å²) < 4.78 is 14.4. The molecule has 0 radical (unpaired) electrons. The van der Waals surface area contributed by atoms with Crippen molar-refractivity contribution in [3.8, 4) is 0 Å². The molecule has 1 aliphatic rings. The summed E-state index contributed by atoms with van der Waals surface area (Å²) >= 11 is 3.35. The van der Waals surface area contributed by atoms with E-state index >= 15 is 0 Å². The summed E-state index contributed by atoms with van der Waals surface area (Å²) in [5.74, 6) is 0.783. The number of halogens is 2. The molecule has 18 heavy (non-hydrogen) atoms. The Bertz CT molecular complexity index is 399. The third kappa shape index (κ3) is 3.53. The fourth-order valence-corrected chi connectivity index (χ4v) is 3.10. The number of aliphatic hydroxyl groups is 1. The van der Waals surface area contributed by atoms with Crippen LogP contribution in [0.2, 0.25) is 0 Å². The lowest BCUT2D eigenvalue weighted by atomic mass is 9.97. The summed E-state index contributed by atoms with van der Waals surface area (Å²) in [6.07, 6.45) is 3.48. The summed E-state index contributed by atoms with van der Waals surface area (Å²) in [6.45, 7) is 1.68. The maximum atomic E-state index is 13.5. The first kappa shape index (κ1) is 14.0. The topological polar surface area (TPSA) is 32.3 Å². The third-order valence-electron chi connectivity index (χ3n) is 3.78. The Morgan fingerprint density at radius 2 is 2.11 bits per heavy atom. The van der Waals surface area contributed by atoms with Gasteiger partial charge in [0.2, 0.25) is 0 Å². The van der Waals surface area contributed by atoms with Gasteiger partial charge in [-0.05, 0) is 49.4 Å². The number of aliphatic hydroxyl groups excluding tert-OH is 1. The molecule has 1 saturated carbocycles. The van der Waals surface area contributed by atoms with E-state index in [1.54, 1.807) is 12.1 Å². The minimum atomic E-state index is -0.171. The first-order valence-corrected chi connectivity index (χ1v) is 7.25. The van der Waals surface area contributed by atoms with Gasteiger partial charge in [0.25, 0.3) is 0 Å². The van der Waals surface area contributed by atoms with Crippen LogP contribution in [0, 0.1) is 17.7 Å². The molecule has 2 atom stereocenters.